The molecule has 2 aliphatic carbocycles. The third-order valence-corrected chi connectivity index (χ3v) is 4.62. The molecule has 2 unspecified atom stereocenters. The van der Waals surface area contributed by atoms with Gasteiger partial charge in [0.1, 0.15) is 0 Å². The average molecular weight is 251 g/mol. The van der Waals surface area contributed by atoms with Gasteiger partial charge in [-0.3, -0.25) is 0 Å². The predicted molar refractivity (Wildman–Crippen MR) is 71.7 cm³/mol. The van der Waals surface area contributed by atoms with Crippen molar-refractivity contribution in [3.05, 3.63) is 16.2 Å². The molecule has 1 saturated carbocycles. The van der Waals surface area contributed by atoms with Crippen LogP contribution in [0.4, 0.5) is 0 Å². The number of nitrogens with one attached hydrogen (secondary N) is 1. The van der Waals surface area contributed by atoms with Crippen molar-refractivity contribution < 1.29 is 0 Å². The summed E-state index contributed by atoms with van der Waals surface area (Å²) in [6, 6.07) is 0.728. The Labute approximate surface area is 107 Å². The molecule has 0 aliphatic heterocycles. The minimum Gasteiger partial charge on any atom is -0.334 e. The number of H-pyrrole nitrogens is 1. The van der Waals surface area contributed by atoms with Crippen LogP contribution in [0.25, 0.3) is 0 Å². The number of nitrogens with zero attached hydrogens (tertiary/aromatic N) is 1. The highest BCUT2D eigenvalue weighted by Crippen LogP contribution is 2.32. The lowest BCUT2D eigenvalue weighted by molar-refractivity contribution is 0.297. The third-order valence-electron chi connectivity index (χ3n) is 4.32. The molecule has 94 valence electrons. The summed E-state index contributed by atoms with van der Waals surface area (Å²) in [4.78, 5) is 3.41. The Hall–Kier alpha value is -0.610. The summed E-state index contributed by atoms with van der Waals surface area (Å²) in [7, 11) is 0. The average Bonchev–Trinajstić information content (AvgIpc) is 2.66. The van der Waals surface area contributed by atoms with Crippen molar-refractivity contribution in [3.63, 3.8) is 0 Å². The summed E-state index contributed by atoms with van der Waals surface area (Å²) >= 11 is 5.51. The lowest BCUT2D eigenvalue weighted by Crippen LogP contribution is -2.36. The van der Waals surface area contributed by atoms with E-state index in [1.807, 2.05) is 0 Å². The fourth-order valence-corrected chi connectivity index (χ4v) is 3.78. The molecule has 3 N–H and O–H groups in total. The second-order valence-corrected chi connectivity index (χ2v) is 5.83. The van der Waals surface area contributed by atoms with Crippen LogP contribution in [-0.2, 0) is 12.8 Å². The zero-order valence-electron chi connectivity index (χ0n) is 10.2. The number of hydrogen-bond acceptors (Lipinski definition) is 2. The van der Waals surface area contributed by atoms with E-state index < -0.39 is 0 Å². The Bertz CT molecular complexity index is 460. The smallest absolute Gasteiger partial charge is 0.177 e. The maximum atomic E-state index is 6.29. The molecule has 1 heterocycles. The molecule has 0 spiro atoms. The van der Waals surface area contributed by atoms with Crippen LogP contribution >= 0.6 is 12.2 Å². The van der Waals surface area contributed by atoms with Gasteiger partial charge < -0.3 is 15.3 Å². The zero-order valence-corrected chi connectivity index (χ0v) is 11.1. The molecule has 0 aromatic carbocycles. The third kappa shape index (κ3) is 1.97. The Morgan fingerprint density at radius 3 is 2.71 bits per heavy atom. The quantitative estimate of drug-likeness (QED) is 0.754. The lowest BCUT2D eigenvalue weighted by atomic mass is 9.90. The van der Waals surface area contributed by atoms with Gasteiger partial charge in [-0.05, 0) is 50.7 Å². The highest BCUT2D eigenvalue weighted by Gasteiger charge is 2.27. The van der Waals surface area contributed by atoms with Crippen molar-refractivity contribution >= 4 is 12.2 Å². The monoisotopic (exact) mass is 251 g/mol. The van der Waals surface area contributed by atoms with E-state index in [0.29, 0.717) is 6.04 Å². The first kappa shape index (κ1) is 11.5. The van der Waals surface area contributed by atoms with E-state index in [0.717, 1.165) is 17.6 Å². The summed E-state index contributed by atoms with van der Waals surface area (Å²) in [5.74, 6) is 0. The molecule has 0 bridgehead atoms. The highest BCUT2D eigenvalue weighted by atomic mass is 32.1. The normalized spacial score (nSPS) is 29.0. The van der Waals surface area contributed by atoms with Crippen molar-refractivity contribution in [3.8, 4) is 0 Å². The maximum Gasteiger partial charge on any atom is 0.177 e. The molecule has 2 aliphatic rings. The molecular formula is C13H21N3S. The van der Waals surface area contributed by atoms with Gasteiger partial charge in [0.2, 0.25) is 0 Å². The number of fused-ring (bicyclic) bond motifs is 1. The Morgan fingerprint density at radius 1 is 1.12 bits per heavy atom. The molecule has 2 atom stereocenters. The predicted octanol–water partition coefficient (Wildman–Crippen LogP) is 2.87. The number of rotatable bonds is 1. The maximum absolute atomic E-state index is 6.29. The molecule has 1 aromatic heterocycles. The van der Waals surface area contributed by atoms with E-state index in [-0.39, 0.29) is 6.04 Å². The van der Waals surface area contributed by atoms with E-state index in [9.17, 15) is 0 Å². The first-order valence-corrected chi connectivity index (χ1v) is 7.26. The first-order chi connectivity index (χ1) is 8.27. The van der Waals surface area contributed by atoms with Gasteiger partial charge in [-0.1, -0.05) is 12.8 Å². The molecule has 3 nitrogen and oxygen atoms in total. The standard InChI is InChI=1S/C13H21N3S/c14-9-5-1-3-7-11(9)16-12-8-4-2-6-10(12)15-13(16)17/h9,11H,1-8,14H2,(H,15,17). The van der Waals surface area contributed by atoms with Crippen LogP contribution in [0, 0.1) is 4.77 Å². The van der Waals surface area contributed by atoms with Gasteiger partial charge in [0.05, 0.1) is 6.04 Å². The van der Waals surface area contributed by atoms with Gasteiger partial charge in [0, 0.05) is 17.4 Å². The summed E-state index contributed by atoms with van der Waals surface area (Å²) in [5.41, 5.74) is 9.11. The molecule has 17 heavy (non-hydrogen) atoms. The topological polar surface area (TPSA) is 46.7 Å². The molecular weight excluding hydrogens is 230 g/mol. The number of aromatic nitrogens is 2. The molecule has 1 fully saturated rings. The van der Waals surface area contributed by atoms with Crippen LogP contribution in [0.2, 0.25) is 0 Å². The van der Waals surface area contributed by atoms with Gasteiger partial charge in [-0.15, -0.1) is 0 Å². The largest absolute Gasteiger partial charge is 0.334 e. The summed E-state index contributed by atoms with van der Waals surface area (Å²) < 4.78 is 3.26. The second-order valence-electron chi connectivity index (χ2n) is 5.45. The number of imidazole rings is 1. The lowest BCUT2D eigenvalue weighted by Gasteiger charge is -2.31. The van der Waals surface area contributed by atoms with E-state index in [2.05, 4.69) is 9.55 Å². The van der Waals surface area contributed by atoms with E-state index >= 15 is 0 Å². The SMILES string of the molecule is NC1CCCCC1n1c2c([nH]c1=S)CCCC2. The zero-order chi connectivity index (χ0) is 11.8. The molecule has 4 heteroatoms. The summed E-state index contributed by atoms with van der Waals surface area (Å²) in [6.45, 7) is 0. The minimum atomic E-state index is 0.289. The second kappa shape index (κ2) is 4.58. The summed E-state index contributed by atoms with van der Waals surface area (Å²) in [6.07, 6.45) is 9.82. The molecule has 3 rings (SSSR count). The van der Waals surface area contributed by atoms with Crippen molar-refractivity contribution in [2.75, 3.05) is 0 Å². The molecule has 0 saturated heterocycles. The van der Waals surface area contributed by atoms with Gasteiger partial charge in [-0.2, -0.15) is 0 Å². The van der Waals surface area contributed by atoms with E-state index in [1.54, 1.807) is 0 Å². The van der Waals surface area contributed by atoms with Crippen LogP contribution in [0.15, 0.2) is 0 Å². The van der Waals surface area contributed by atoms with Crippen LogP contribution in [0.3, 0.4) is 0 Å². The van der Waals surface area contributed by atoms with Crippen LogP contribution in [0.1, 0.15) is 56.0 Å². The first-order valence-electron chi connectivity index (χ1n) is 6.85. The van der Waals surface area contributed by atoms with Crippen LogP contribution < -0.4 is 5.73 Å². The van der Waals surface area contributed by atoms with Crippen LogP contribution in [-0.4, -0.2) is 15.6 Å². The van der Waals surface area contributed by atoms with Crippen molar-refractivity contribution in [2.24, 2.45) is 5.73 Å². The summed E-state index contributed by atoms with van der Waals surface area (Å²) in [5, 5.41) is 0. The number of hydrogen-bond donors (Lipinski definition) is 2. The Kier molecular flexibility index (Phi) is 3.09. The minimum absolute atomic E-state index is 0.289. The molecule has 0 amide bonds. The van der Waals surface area contributed by atoms with Crippen molar-refractivity contribution in [1.29, 1.82) is 0 Å². The Morgan fingerprint density at radius 2 is 1.88 bits per heavy atom. The number of aromatic amines is 1. The number of nitrogens with two attached hydrogens (primary N) is 1. The molecule has 1 aromatic rings. The van der Waals surface area contributed by atoms with Crippen molar-refractivity contribution in [1.82, 2.24) is 9.55 Å². The Balaban J connectivity index is 2.01. The van der Waals surface area contributed by atoms with Gasteiger partial charge >= 0.3 is 0 Å². The fourth-order valence-electron chi connectivity index (χ4n) is 3.41. The van der Waals surface area contributed by atoms with Crippen molar-refractivity contribution in [2.45, 2.75) is 63.5 Å². The highest BCUT2D eigenvalue weighted by molar-refractivity contribution is 7.71. The van der Waals surface area contributed by atoms with E-state index in [1.165, 1.54) is 49.9 Å². The van der Waals surface area contributed by atoms with Gasteiger partial charge in [0.25, 0.3) is 0 Å². The van der Waals surface area contributed by atoms with Crippen LogP contribution in [0.5, 0.6) is 0 Å². The van der Waals surface area contributed by atoms with Gasteiger partial charge in [-0.25, -0.2) is 0 Å². The fraction of sp³-hybridized carbons (Fsp3) is 0.769. The number of aryl methyl sites for hydroxylation is 1. The molecule has 0 radical (unpaired) electrons. The van der Waals surface area contributed by atoms with E-state index in [4.69, 9.17) is 18.0 Å². The van der Waals surface area contributed by atoms with Gasteiger partial charge in [0.15, 0.2) is 4.77 Å².